The number of aryl methyl sites for hydroxylation is 2. The number of hydrogen-bond donors (Lipinski definition) is 2. The van der Waals surface area contributed by atoms with Gasteiger partial charge in [-0.05, 0) is 32.6 Å². The van der Waals surface area contributed by atoms with Gasteiger partial charge in [0, 0.05) is 38.4 Å². The van der Waals surface area contributed by atoms with Gasteiger partial charge in [0.2, 0.25) is 0 Å². The summed E-state index contributed by atoms with van der Waals surface area (Å²) < 4.78 is 1.92. The highest BCUT2D eigenvalue weighted by Gasteiger charge is 2.09. The van der Waals surface area contributed by atoms with Crippen molar-refractivity contribution < 1.29 is 0 Å². The smallest absolute Gasteiger partial charge is 0.191 e. The second kappa shape index (κ2) is 7.92. The average Bonchev–Trinajstić information content (AvgIpc) is 2.63. The molecule has 1 rings (SSSR count). The van der Waals surface area contributed by atoms with Crippen molar-refractivity contribution in [2.45, 2.75) is 47.1 Å². The van der Waals surface area contributed by atoms with Crippen LogP contribution in [0.15, 0.2) is 4.99 Å². The predicted molar refractivity (Wildman–Crippen MR) is 85.0 cm³/mol. The van der Waals surface area contributed by atoms with E-state index in [-0.39, 0.29) is 0 Å². The number of aromatic nitrogens is 2. The highest BCUT2D eigenvalue weighted by molar-refractivity contribution is 5.79. The first-order valence-electron chi connectivity index (χ1n) is 7.39. The summed E-state index contributed by atoms with van der Waals surface area (Å²) in [6.45, 7) is 10.4. The lowest BCUT2D eigenvalue weighted by atomic mass is 10.1. The lowest BCUT2D eigenvalue weighted by Gasteiger charge is -2.12. The number of guanidine groups is 1. The topological polar surface area (TPSA) is 54.2 Å². The van der Waals surface area contributed by atoms with Crippen LogP contribution in [0.2, 0.25) is 0 Å². The Balaban J connectivity index is 2.42. The second-order valence-corrected chi connectivity index (χ2v) is 5.66. The number of aliphatic imine (C=N–C) groups is 1. The van der Waals surface area contributed by atoms with Crippen LogP contribution in [0, 0.1) is 19.8 Å². The van der Waals surface area contributed by atoms with Gasteiger partial charge in [0.1, 0.15) is 0 Å². The standard InChI is InChI=1S/C15H29N5/c1-11(2)8-7-9-17-15(16-5)18-10-14-12(3)19-20(6)13(14)4/h11H,7-10H2,1-6H3,(H2,16,17,18). The summed E-state index contributed by atoms with van der Waals surface area (Å²) in [7, 11) is 3.78. The average molecular weight is 279 g/mol. The maximum atomic E-state index is 4.43. The number of rotatable bonds is 6. The van der Waals surface area contributed by atoms with Gasteiger partial charge in [0.05, 0.1) is 5.69 Å². The van der Waals surface area contributed by atoms with Gasteiger partial charge in [-0.3, -0.25) is 9.67 Å². The minimum Gasteiger partial charge on any atom is -0.356 e. The Kier molecular flexibility index (Phi) is 6.55. The lowest BCUT2D eigenvalue weighted by molar-refractivity contribution is 0.549. The quantitative estimate of drug-likeness (QED) is 0.476. The summed E-state index contributed by atoms with van der Waals surface area (Å²) in [6, 6.07) is 0. The minimum atomic E-state index is 0.757. The van der Waals surface area contributed by atoms with Gasteiger partial charge in [-0.15, -0.1) is 0 Å². The van der Waals surface area contributed by atoms with Crippen molar-refractivity contribution >= 4 is 5.96 Å². The zero-order valence-corrected chi connectivity index (χ0v) is 13.7. The maximum Gasteiger partial charge on any atom is 0.191 e. The Hall–Kier alpha value is -1.52. The van der Waals surface area contributed by atoms with Crippen molar-refractivity contribution in [1.82, 2.24) is 20.4 Å². The van der Waals surface area contributed by atoms with Crippen LogP contribution in [0.5, 0.6) is 0 Å². The predicted octanol–water partition coefficient (Wildman–Crippen LogP) is 2.14. The molecule has 0 bridgehead atoms. The van der Waals surface area contributed by atoms with Gasteiger partial charge >= 0.3 is 0 Å². The third-order valence-corrected chi connectivity index (χ3v) is 3.57. The lowest BCUT2D eigenvalue weighted by Crippen LogP contribution is -2.37. The monoisotopic (exact) mass is 279 g/mol. The molecule has 0 spiro atoms. The Morgan fingerprint density at radius 3 is 2.50 bits per heavy atom. The van der Waals surface area contributed by atoms with Crippen LogP contribution in [0.25, 0.3) is 0 Å². The number of nitrogens with zero attached hydrogens (tertiary/aromatic N) is 3. The fourth-order valence-corrected chi connectivity index (χ4v) is 2.18. The van der Waals surface area contributed by atoms with Gasteiger partial charge in [-0.1, -0.05) is 13.8 Å². The Labute approximate surface area is 122 Å². The molecule has 5 nitrogen and oxygen atoms in total. The molecule has 1 aromatic rings. The van der Waals surface area contributed by atoms with Gasteiger partial charge < -0.3 is 10.6 Å². The van der Waals surface area contributed by atoms with Crippen molar-refractivity contribution in [3.63, 3.8) is 0 Å². The first kappa shape index (κ1) is 16.5. The second-order valence-electron chi connectivity index (χ2n) is 5.66. The van der Waals surface area contributed by atoms with E-state index in [1.165, 1.54) is 24.1 Å². The van der Waals surface area contributed by atoms with E-state index in [4.69, 9.17) is 0 Å². The van der Waals surface area contributed by atoms with E-state index in [1.807, 2.05) is 18.7 Å². The third-order valence-electron chi connectivity index (χ3n) is 3.57. The van der Waals surface area contributed by atoms with Crippen molar-refractivity contribution in [3.8, 4) is 0 Å². The molecule has 114 valence electrons. The molecule has 0 amide bonds. The van der Waals surface area contributed by atoms with Crippen molar-refractivity contribution in [3.05, 3.63) is 17.0 Å². The summed E-state index contributed by atoms with van der Waals surface area (Å²) in [5, 5.41) is 11.1. The zero-order chi connectivity index (χ0) is 15.1. The molecule has 0 atom stereocenters. The Morgan fingerprint density at radius 2 is 2.00 bits per heavy atom. The van der Waals surface area contributed by atoms with Gasteiger partial charge in [0.25, 0.3) is 0 Å². The molecule has 1 heterocycles. The molecule has 0 radical (unpaired) electrons. The van der Waals surface area contributed by atoms with E-state index in [1.54, 1.807) is 7.05 Å². The van der Waals surface area contributed by atoms with Crippen LogP contribution in [0.3, 0.4) is 0 Å². The molecule has 0 aliphatic carbocycles. The summed E-state index contributed by atoms with van der Waals surface area (Å²) in [5.74, 6) is 1.61. The van der Waals surface area contributed by atoms with Crippen molar-refractivity contribution in [2.75, 3.05) is 13.6 Å². The molecule has 0 saturated heterocycles. The summed E-state index contributed by atoms with van der Waals surface area (Å²) in [4.78, 5) is 4.25. The number of hydrogen-bond acceptors (Lipinski definition) is 2. The maximum absolute atomic E-state index is 4.43. The molecule has 0 fully saturated rings. The van der Waals surface area contributed by atoms with E-state index in [0.29, 0.717) is 0 Å². The molecule has 1 aromatic heterocycles. The van der Waals surface area contributed by atoms with Crippen molar-refractivity contribution in [2.24, 2.45) is 18.0 Å². The molecule has 0 aliphatic rings. The fraction of sp³-hybridized carbons (Fsp3) is 0.733. The Bertz CT molecular complexity index is 445. The highest BCUT2D eigenvalue weighted by Crippen LogP contribution is 2.10. The Morgan fingerprint density at radius 1 is 1.30 bits per heavy atom. The van der Waals surface area contributed by atoms with Crippen LogP contribution in [-0.2, 0) is 13.6 Å². The van der Waals surface area contributed by atoms with Crippen LogP contribution >= 0.6 is 0 Å². The first-order valence-corrected chi connectivity index (χ1v) is 7.39. The van der Waals surface area contributed by atoms with E-state index >= 15 is 0 Å². The fourth-order valence-electron chi connectivity index (χ4n) is 2.18. The normalized spacial score (nSPS) is 12.1. The van der Waals surface area contributed by atoms with Gasteiger partial charge in [-0.25, -0.2) is 0 Å². The molecule has 20 heavy (non-hydrogen) atoms. The molecule has 2 N–H and O–H groups in total. The molecule has 0 saturated carbocycles. The summed E-state index contributed by atoms with van der Waals surface area (Å²) in [5.41, 5.74) is 3.52. The van der Waals surface area contributed by atoms with Crippen LogP contribution < -0.4 is 10.6 Å². The SMILES string of the molecule is CN=C(NCCCC(C)C)NCc1c(C)nn(C)c1C. The van der Waals surface area contributed by atoms with E-state index in [0.717, 1.165) is 30.7 Å². The van der Waals surface area contributed by atoms with Gasteiger partial charge in [-0.2, -0.15) is 5.10 Å². The molecule has 0 unspecified atom stereocenters. The van der Waals surface area contributed by atoms with E-state index in [2.05, 4.69) is 41.5 Å². The van der Waals surface area contributed by atoms with Gasteiger partial charge in [0.15, 0.2) is 5.96 Å². The van der Waals surface area contributed by atoms with E-state index in [9.17, 15) is 0 Å². The summed E-state index contributed by atoms with van der Waals surface area (Å²) >= 11 is 0. The third kappa shape index (κ3) is 4.87. The van der Waals surface area contributed by atoms with E-state index < -0.39 is 0 Å². The highest BCUT2D eigenvalue weighted by atomic mass is 15.3. The molecular weight excluding hydrogens is 250 g/mol. The van der Waals surface area contributed by atoms with Crippen LogP contribution in [0.1, 0.15) is 43.6 Å². The largest absolute Gasteiger partial charge is 0.356 e. The van der Waals surface area contributed by atoms with Crippen molar-refractivity contribution in [1.29, 1.82) is 0 Å². The van der Waals surface area contributed by atoms with Crippen LogP contribution in [-0.4, -0.2) is 29.3 Å². The minimum absolute atomic E-state index is 0.757. The first-order chi connectivity index (χ1) is 9.45. The zero-order valence-electron chi connectivity index (χ0n) is 13.7. The molecule has 0 aromatic carbocycles. The molecule has 0 aliphatic heterocycles. The molecule has 5 heteroatoms. The summed E-state index contributed by atoms with van der Waals surface area (Å²) in [6.07, 6.45) is 2.41. The van der Waals surface area contributed by atoms with Crippen LogP contribution in [0.4, 0.5) is 0 Å². The molecular formula is C15H29N5. The number of nitrogens with one attached hydrogen (secondary N) is 2.